The number of amides is 1. The minimum absolute atomic E-state index is 0.0402. The van der Waals surface area contributed by atoms with E-state index >= 15 is 0 Å². The van der Waals surface area contributed by atoms with Gasteiger partial charge in [-0.2, -0.15) is 13.2 Å². The first-order valence-electron chi connectivity index (χ1n) is 9.95. The molecule has 0 spiro atoms. The highest BCUT2D eigenvalue weighted by Gasteiger charge is 2.33. The van der Waals surface area contributed by atoms with Crippen LogP contribution in [-0.4, -0.2) is 54.6 Å². The van der Waals surface area contributed by atoms with Gasteiger partial charge in [-0.15, -0.1) is 0 Å². The molecule has 1 fully saturated rings. The van der Waals surface area contributed by atoms with Gasteiger partial charge in [0.25, 0.3) is 0 Å². The molecule has 6 nitrogen and oxygen atoms in total. The molecular weight excluding hydrogens is 433 g/mol. The Kier molecular flexibility index (Phi) is 7.27. The highest BCUT2D eigenvalue weighted by Crippen LogP contribution is 2.34. The van der Waals surface area contributed by atoms with Gasteiger partial charge in [0.2, 0.25) is 5.91 Å². The molecule has 1 aliphatic rings. The Labute approximate surface area is 183 Å². The molecule has 31 heavy (non-hydrogen) atoms. The van der Waals surface area contributed by atoms with Gasteiger partial charge in [0.05, 0.1) is 28.9 Å². The fourth-order valence-corrected chi connectivity index (χ4v) is 3.68. The lowest BCUT2D eigenvalue weighted by molar-refractivity contribution is -0.137. The predicted molar refractivity (Wildman–Crippen MR) is 114 cm³/mol. The Balaban J connectivity index is 1.60. The van der Waals surface area contributed by atoms with Crippen LogP contribution in [0.25, 0.3) is 0 Å². The normalized spacial score (nSPS) is 16.1. The number of alkyl halides is 3. The minimum Gasteiger partial charge on any atom is -0.492 e. The van der Waals surface area contributed by atoms with Gasteiger partial charge in [0, 0.05) is 32.4 Å². The molecule has 168 valence electrons. The molecule has 1 aromatic heterocycles. The fourth-order valence-electron chi connectivity index (χ4n) is 3.39. The third-order valence-electron chi connectivity index (χ3n) is 5.13. The summed E-state index contributed by atoms with van der Waals surface area (Å²) in [6, 6.07) is 7.73. The summed E-state index contributed by atoms with van der Waals surface area (Å²) in [5.41, 5.74) is -0.266. The van der Waals surface area contributed by atoms with Crippen LogP contribution in [0.2, 0.25) is 5.02 Å². The Hall–Kier alpha value is -2.52. The van der Waals surface area contributed by atoms with Crippen LogP contribution in [0.5, 0.6) is 5.75 Å². The van der Waals surface area contributed by atoms with Gasteiger partial charge in [-0.25, -0.2) is 4.98 Å². The van der Waals surface area contributed by atoms with Gasteiger partial charge in [0.15, 0.2) is 0 Å². The van der Waals surface area contributed by atoms with Gasteiger partial charge in [0.1, 0.15) is 11.6 Å². The maximum absolute atomic E-state index is 12.8. The summed E-state index contributed by atoms with van der Waals surface area (Å²) in [6.07, 6.45) is -3.70. The smallest absolute Gasteiger partial charge is 0.417 e. The number of para-hydroxylation sites is 2. The van der Waals surface area contributed by atoms with Crippen molar-refractivity contribution in [1.29, 1.82) is 0 Å². The molecule has 0 bridgehead atoms. The number of hydrogen-bond acceptors (Lipinski definition) is 5. The number of rotatable bonds is 6. The van der Waals surface area contributed by atoms with E-state index in [-0.39, 0.29) is 10.9 Å². The summed E-state index contributed by atoms with van der Waals surface area (Å²) in [5, 5.41) is 2.87. The second kappa shape index (κ2) is 9.74. The van der Waals surface area contributed by atoms with E-state index in [1.54, 1.807) is 12.1 Å². The molecule has 1 unspecified atom stereocenters. The summed E-state index contributed by atoms with van der Waals surface area (Å²) in [5.74, 6) is 0.766. The van der Waals surface area contributed by atoms with E-state index in [0.717, 1.165) is 12.3 Å². The lowest BCUT2D eigenvalue weighted by atomic mass is 10.2. The monoisotopic (exact) mass is 456 g/mol. The third-order valence-corrected chi connectivity index (χ3v) is 5.41. The van der Waals surface area contributed by atoms with Crippen molar-refractivity contribution < 1.29 is 22.7 Å². The first-order valence-corrected chi connectivity index (χ1v) is 10.3. The van der Waals surface area contributed by atoms with Gasteiger partial charge < -0.3 is 15.0 Å². The number of ether oxygens (including phenoxy) is 1. The summed E-state index contributed by atoms with van der Waals surface area (Å²) < 4.78 is 44.0. The predicted octanol–water partition coefficient (Wildman–Crippen LogP) is 4.30. The molecule has 1 aromatic carbocycles. The summed E-state index contributed by atoms with van der Waals surface area (Å²) in [7, 11) is 0. The van der Waals surface area contributed by atoms with Crippen LogP contribution in [0.15, 0.2) is 36.5 Å². The number of carbonyl (C=O) groups excluding carboxylic acids is 1. The summed E-state index contributed by atoms with van der Waals surface area (Å²) in [4.78, 5) is 20.5. The number of anilines is 2. The number of benzene rings is 1. The molecule has 1 saturated heterocycles. The van der Waals surface area contributed by atoms with Crippen molar-refractivity contribution >= 4 is 29.0 Å². The van der Waals surface area contributed by atoms with Gasteiger partial charge in [-0.3, -0.25) is 9.69 Å². The van der Waals surface area contributed by atoms with E-state index in [1.807, 2.05) is 35.8 Å². The maximum atomic E-state index is 12.8. The third kappa shape index (κ3) is 5.59. The molecule has 1 N–H and O–H groups in total. The zero-order chi connectivity index (χ0) is 22.6. The average Bonchev–Trinajstić information content (AvgIpc) is 2.74. The lowest BCUT2D eigenvalue weighted by Crippen LogP contribution is -2.53. The topological polar surface area (TPSA) is 57.7 Å². The van der Waals surface area contributed by atoms with Crippen molar-refractivity contribution in [3.63, 3.8) is 0 Å². The van der Waals surface area contributed by atoms with Crippen molar-refractivity contribution in [2.75, 3.05) is 43.0 Å². The molecule has 0 aliphatic carbocycles. The Morgan fingerprint density at radius 1 is 1.26 bits per heavy atom. The molecule has 10 heteroatoms. The van der Waals surface area contributed by atoms with Crippen molar-refractivity contribution in [3.05, 3.63) is 47.1 Å². The zero-order valence-corrected chi connectivity index (χ0v) is 18.0. The Morgan fingerprint density at radius 2 is 1.94 bits per heavy atom. The van der Waals surface area contributed by atoms with E-state index < -0.39 is 17.8 Å². The quantitative estimate of drug-likeness (QED) is 0.702. The molecule has 2 aromatic rings. The van der Waals surface area contributed by atoms with E-state index in [1.165, 1.54) is 0 Å². The van der Waals surface area contributed by atoms with E-state index in [2.05, 4.69) is 10.3 Å². The zero-order valence-electron chi connectivity index (χ0n) is 17.2. The second-order valence-corrected chi connectivity index (χ2v) is 7.55. The molecule has 1 atom stereocenters. The van der Waals surface area contributed by atoms with Crippen LogP contribution in [0, 0.1) is 0 Å². The largest absolute Gasteiger partial charge is 0.492 e. The Morgan fingerprint density at radius 3 is 2.55 bits per heavy atom. The van der Waals surface area contributed by atoms with Crippen molar-refractivity contribution in [2.45, 2.75) is 26.1 Å². The highest BCUT2D eigenvalue weighted by atomic mass is 35.5. The average molecular weight is 457 g/mol. The minimum atomic E-state index is -4.49. The van der Waals surface area contributed by atoms with Gasteiger partial charge >= 0.3 is 6.18 Å². The maximum Gasteiger partial charge on any atom is 0.417 e. The van der Waals surface area contributed by atoms with E-state index in [9.17, 15) is 18.0 Å². The standard InChI is InChI=1S/C21H24ClF3N4O2/c1-3-31-18-7-5-4-6-17(18)27-20(30)14(2)28-8-10-29(11-9-28)19-16(22)12-15(13-26-19)21(23,24)25/h4-7,12-14H,3,8-11H2,1-2H3,(H,27,30). The Bertz CT molecular complexity index is 918. The number of halogens is 4. The molecule has 1 aliphatic heterocycles. The molecule has 1 amide bonds. The van der Waals surface area contributed by atoms with Crippen molar-refractivity contribution in [2.24, 2.45) is 0 Å². The number of nitrogens with zero attached hydrogens (tertiary/aromatic N) is 3. The van der Waals surface area contributed by atoms with E-state index in [4.69, 9.17) is 16.3 Å². The van der Waals surface area contributed by atoms with Crippen molar-refractivity contribution in [3.8, 4) is 5.75 Å². The first-order chi connectivity index (χ1) is 14.7. The van der Waals surface area contributed by atoms with Crippen LogP contribution >= 0.6 is 11.6 Å². The van der Waals surface area contributed by atoms with Gasteiger partial charge in [-0.05, 0) is 32.0 Å². The van der Waals surface area contributed by atoms with Crippen LogP contribution in [0.1, 0.15) is 19.4 Å². The van der Waals surface area contributed by atoms with Crippen molar-refractivity contribution in [1.82, 2.24) is 9.88 Å². The number of pyridine rings is 1. The molecular formula is C21H24ClF3N4O2. The lowest BCUT2D eigenvalue weighted by Gasteiger charge is -2.38. The van der Waals surface area contributed by atoms with Gasteiger partial charge in [-0.1, -0.05) is 23.7 Å². The second-order valence-electron chi connectivity index (χ2n) is 7.14. The van der Waals surface area contributed by atoms with Crippen LogP contribution < -0.4 is 15.0 Å². The summed E-state index contributed by atoms with van der Waals surface area (Å²) >= 11 is 6.06. The number of nitrogens with one attached hydrogen (secondary N) is 1. The molecule has 3 rings (SSSR count). The SMILES string of the molecule is CCOc1ccccc1NC(=O)C(C)N1CCN(c2ncc(C(F)(F)F)cc2Cl)CC1. The van der Waals surface area contributed by atoms with Crippen LogP contribution in [0.4, 0.5) is 24.7 Å². The molecule has 0 radical (unpaired) electrons. The first kappa shape index (κ1) is 23.1. The number of carbonyl (C=O) groups is 1. The fraction of sp³-hybridized carbons (Fsp3) is 0.429. The number of hydrogen-bond donors (Lipinski definition) is 1. The number of aromatic nitrogens is 1. The molecule has 0 saturated carbocycles. The number of piperazine rings is 1. The summed E-state index contributed by atoms with van der Waals surface area (Å²) in [6.45, 7) is 6.25. The van der Waals surface area contributed by atoms with Crippen LogP contribution in [-0.2, 0) is 11.0 Å². The van der Waals surface area contributed by atoms with Crippen LogP contribution in [0.3, 0.4) is 0 Å². The van der Waals surface area contributed by atoms with E-state index in [0.29, 0.717) is 50.0 Å². The molecule has 2 heterocycles. The highest BCUT2D eigenvalue weighted by molar-refractivity contribution is 6.33.